The van der Waals surface area contributed by atoms with Crippen molar-refractivity contribution in [3.63, 3.8) is 0 Å². The lowest BCUT2D eigenvalue weighted by Gasteiger charge is -2.35. The molecule has 0 bridgehead atoms. The fraction of sp³-hybridized carbons (Fsp3) is 0.538. The van der Waals surface area contributed by atoms with Crippen molar-refractivity contribution in [2.75, 3.05) is 11.4 Å². The molecule has 2 unspecified atom stereocenters. The van der Waals surface area contributed by atoms with Crippen LogP contribution in [0.2, 0.25) is 0 Å². The molecule has 1 aromatic rings. The summed E-state index contributed by atoms with van der Waals surface area (Å²) in [6, 6.07) is 7.31. The Bertz CT molecular complexity index is 572. The molecule has 1 aromatic carbocycles. The Hall–Kier alpha value is -1.11. The van der Waals surface area contributed by atoms with E-state index in [1.54, 1.807) is 4.90 Å². The summed E-state index contributed by atoms with van der Waals surface area (Å²) >= 11 is 0. The maximum absolute atomic E-state index is 11.7. The third kappa shape index (κ3) is 2.35. The van der Waals surface area contributed by atoms with Crippen molar-refractivity contribution in [2.45, 2.75) is 37.7 Å². The van der Waals surface area contributed by atoms with Gasteiger partial charge in [-0.25, -0.2) is 0 Å². The molecule has 1 heterocycles. The molecule has 0 spiro atoms. The van der Waals surface area contributed by atoms with Crippen LogP contribution in [-0.2, 0) is 16.5 Å². The first kappa shape index (κ1) is 14.3. The van der Waals surface area contributed by atoms with Crippen LogP contribution in [0.4, 0.5) is 5.69 Å². The van der Waals surface area contributed by atoms with Crippen LogP contribution in [0.15, 0.2) is 24.3 Å². The molecule has 5 nitrogen and oxygen atoms in total. The molecule has 0 amide bonds. The van der Waals surface area contributed by atoms with E-state index in [-0.39, 0.29) is 13.0 Å². The SMILES string of the molecule is CCC(O)CN1c2ccccc2CC1(C)S(=O)(=O)O. The van der Waals surface area contributed by atoms with Gasteiger partial charge >= 0.3 is 0 Å². The van der Waals surface area contributed by atoms with Crippen molar-refractivity contribution in [1.29, 1.82) is 0 Å². The average molecular weight is 285 g/mol. The van der Waals surface area contributed by atoms with Crippen molar-refractivity contribution in [2.24, 2.45) is 0 Å². The van der Waals surface area contributed by atoms with E-state index in [1.165, 1.54) is 6.92 Å². The molecule has 19 heavy (non-hydrogen) atoms. The van der Waals surface area contributed by atoms with Gasteiger partial charge in [0.2, 0.25) is 0 Å². The molecule has 2 rings (SSSR count). The zero-order valence-electron chi connectivity index (χ0n) is 11.1. The lowest BCUT2D eigenvalue weighted by atomic mass is 10.1. The first-order valence-electron chi connectivity index (χ1n) is 6.30. The number of aliphatic hydroxyl groups is 1. The smallest absolute Gasteiger partial charge is 0.289 e. The predicted molar refractivity (Wildman–Crippen MR) is 73.7 cm³/mol. The van der Waals surface area contributed by atoms with E-state index in [4.69, 9.17) is 0 Å². The molecule has 2 N–H and O–H groups in total. The van der Waals surface area contributed by atoms with Crippen molar-refractivity contribution >= 4 is 15.8 Å². The molecule has 2 atom stereocenters. The van der Waals surface area contributed by atoms with E-state index in [1.807, 2.05) is 31.2 Å². The van der Waals surface area contributed by atoms with Crippen LogP contribution in [0.3, 0.4) is 0 Å². The highest BCUT2D eigenvalue weighted by atomic mass is 32.2. The van der Waals surface area contributed by atoms with Crippen LogP contribution in [0.25, 0.3) is 0 Å². The second kappa shape index (κ2) is 4.77. The van der Waals surface area contributed by atoms with Crippen molar-refractivity contribution < 1.29 is 18.1 Å². The Morgan fingerprint density at radius 2 is 2.05 bits per heavy atom. The maximum Gasteiger partial charge on any atom is 0.289 e. The molecule has 0 radical (unpaired) electrons. The van der Waals surface area contributed by atoms with E-state index >= 15 is 0 Å². The average Bonchev–Trinajstić information content (AvgIpc) is 2.63. The Labute approximate surface area is 113 Å². The van der Waals surface area contributed by atoms with Crippen LogP contribution in [0.1, 0.15) is 25.8 Å². The van der Waals surface area contributed by atoms with Crippen LogP contribution in [0.5, 0.6) is 0 Å². The second-order valence-electron chi connectivity index (χ2n) is 5.13. The van der Waals surface area contributed by atoms with Gasteiger partial charge < -0.3 is 10.0 Å². The number of nitrogens with zero attached hydrogens (tertiary/aromatic N) is 1. The van der Waals surface area contributed by atoms with Gasteiger partial charge in [0, 0.05) is 18.7 Å². The fourth-order valence-electron chi connectivity index (χ4n) is 2.49. The van der Waals surface area contributed by atoms with Gasteiger partial charge in [-0.15, -0.1) is 0 Å². The largest absolute Gasteiger partial charge is 0.391 e. The number of aliphatic hydroxyl groups excluding tert-OH is 1. The number of hydrogen-bond donors (Lipinski definition) is 2. The number of para-hydroxylation sites is 1. The van der Waals surface area contributed by atoms with E-state index in [2.05, 4.69) is 0 Å². The van der Waals surface area contributed by atoms with Crippen molar-refractivity contribution in [1.82, 2.24) is 0 Å². The third-order valence-electron chi connectivity index (χ3n) is 3.79. The summed E-state index contributed by atoms with van der Waals surface area (Å²) in [6.07, 6.45) is 0.116. The number of hydrogen-bond acceptors (Lipinski definition) is 4. The topological polar surface area (TPSA) is 77.8 Å². The molecule has 106 valence electrons. The lowest BCUT2D eigenvalue weighted by Crippen LogP contribution is -2.52. The summed E-state index contributed by atoms with van der Waals surface area (Å²) < 4.78 is 33.0. The molecule has 0 aliphatic carbocycles. The number of anilines is 1. The minimum absolute atomic E-state index is 0.184. The van der Waals surface area contributed by atoms with Crippen LogP contribution in [0, 0.1) is 0 Å². The van der Waals surface area contributed by atoms with Crippen molar-refractivity contribution in [3.05, 3.63) is 29.8 Å². The van der Waals surface area contributed by atoms with Gasteiger partial charge in [-0.05, 0) is 25.0 Å². The summed E-state index contributed by atoms with van der Waals surface area (Å²) in [6.45, 7) is 3.51. The molecular formula is C13H19NO4S. The highest BCUT2D eigenvalue weighted by Crippen LogP contribution is 2.41. The van der Waals surface area contributed by atoms with Gasteiger partial charge in [-0.2, -0.15) is 8.42 Å². The fourth-order valence-corrected chi connectivity index (χ4v) is 3.28. The maximum atomic E-state index is 11.7. The molecule has 0 saturated heterocycles. The zero-order valence-corrected chi connectivity index (χ0v) is 11.9. The van der Waals surface area contributed by atoms with Gasteiger partial charge in [0.05, 0.1) is 6.10 Å². The molecule has 6 heteroatoms. The predicted octanol–water partition coefficient (Wildman–Crippen LogP) is 1.42. The highest BCUT2D eigenvalue weighted by Gasteiger charge is 2.49. The monoisotopic (exact) mass is 285 g/mol. The van der Waals surface area contributed by atoms with Crippen molar-refractivity contribution in [3.8, 4) is 0 Å². The Morgan fingerprint density at radius 1 is 1.42 bits per heavy atom. The van der Waals surface area contributed by atoms with Gasteiger partial charge in [0.15, 0.2) is 4.87 Å². The molecule has 0 aromatic heterocycles. The van der Waals surface area contributed by atoms with E-state index in [9.17, 15) is 18.1 Å². The summed E-state index contributed by atoms with van der Waals surface area (Å²) in [7, 11) is -4.26. The standard InChI is InChI=1S/C13H19NO4S/c1-3-11(15)9-14-12-7-5-4-6-10(12)8-13(14,2)19(16,17)18/h4-7,11,15H,3,8-9H2,1-2H3,(H,16,17,18). The van der Waals surface area contributed by atoms with Gasteiger partial charge in [0.1, 0.15) is 0 Å². The minimum Gasteiger partial charge on any atom is -0.391 e. The Morgan fingerprint density at radius 3 is 2.63 bits per heavy atom. The van der Waals surface area contributed by atoms with E-state index in [0.717, 1.165) is 11.3 Å². The Kier molecular flexibility index (Phi) is 3.59. The van der Waals surface area contributed by atoms with Crippen LogP contribution < -0.4 is 4.90 Å². The molecule has 0 fully saturated rings. The second-order valence-corrected chi connectivity index (χ2v) is 6.96. The molecule has 0 saturated carbocycles. The van der Waals surface area contributed by atoms with Gasteiger partial charge in [0.25, 0.3) is 10.1 Å². The minimum atomic E-state index is -4.26. The number of β-amino-alcohol motifs (C(OH)–C–C–N with tert-alkyl or cyclic N) is 1. The Balaban J connectivity index is 2.48. The zero-order chi connectivity index (χ0) is 14.3. The summed E-state index contributed by atoms with van der Waals surface area (Å²) in [5.41, 5.74) is 1.63. The van der Waals surface area contributed by atoms with E-state index in [0.29, 0.717) is 6.42 Å². The number of rotatable bonds is 4. The summed E-state index contributed by atoms with van der Waals surface area (Å²) in [5.74, 6) is 0. The summed E-state index contributed by atoms with van der Waals surface area (Å²) in [4.78, 5) is 0.179. The van der Waals surface area contributed by atoms with Gasteiger partial charge in [-0.3, -0.25) is 4.55 Å². The highest BCUT2D eigenvalue weighted by molar-refractivity contribution is 7.87. The lowest BCUT2D eigenvalue weighted by molar-refractivity contribution is 0.172. The molecule has 1 aliphatic heterocycles. The number of benzene rings is 1. The number of fused-ring (bicyclic) bond motifs is 1. The van der Waals surface area contributed by atoms with E-state index < -0.39 is 21.1 Å². The first-order chi connectivity index (χ1) is 8.79. The van der Waals surface area contributed by atoms with Gasteiger partial charge in [-0.1, -0.05) is 25.1 Å². The third-order valence-corrected chi connectivity index (χ3v) is 5.27. The molecule has 1 aliphatic rings. The summed E-state index contributed by atoms with van der Waals surface area (Å²) in [5, 5.41) is 9.82. The van der Waals surface area contributed by atoms with Crippen LogP contribution in [-0.4, -0.2) is 35.6 Å². The van der Waals surface area contributed by atoms with Crippen LogP contribution >= 0.6 is 0 Å². The first-order valence-corrected chi connectivity index (χ1v) is 7.74. The normalized spacial score (nSPS) is 24.3. The quantitative estimate of drug-likeness (QED) is 0.818. The molecular weight excluding hydrogens is 266 g/mol.